The molecule has 15 heavy (non-hydrogen) atoms. The molecule has 2 heteroatoms. The minimum atomic E-state index is -0.730. The first kappa shape index (κ1) is 10.5. The fourth-order valence-corrected chi connectivity index (χ4v) is 2.03. The van der Waals surface area contributed by atoms with Crippen LogP contribution in [-0.2, 0) is 5.60 Å². The van der Waals surface area contributed by atoms with E-state index in [-0.39, 0.29) is 0 Å². The second-order valence-corrected chi connectivity index (χ2v) is 4.35. The molecule has 1 unspecified atom stereocenters. The Bertz CT molecular complexity index is 340. The summed E-state index contributed by atoms with van der Waals surface area (Å²) in [7, 11) is 0. The standard InChI is InChI=1S/C13H18O2/c1-3-15-12-7-5-4-6-11(12)13(2,14)10-8-9-10/h4-7,10,14H,3,8-9H2,1-2H3. The van der Waals surface area contributed by atoms with Crippen LogP contribution >= 0.6 is 0 Å². The van der Waals surface area contributed by atoms with E-state index in [1.807, 2.05) is 38.1 Å². The van der Waals surface area contributed by atoms with Crippen molar-refractivity contribution in [3.05, 3.63) is 29.8 Å². The van der Waals surface area contributed by atoms with Crippen molar-refractivity contribution in [3.8, 4) is 5.75 Å². The summed E-state index contributed by atoms with van der Waals surface area (Å²) in [6.07, 6.45) is 2.24. The molecule has 1 aliphatic carbocycles. The average Bonchev–Trinajstić information content (AvgIpc) is 3.02. The molecule has 0 bridgehead atoms. The monoisotopic (exact) mass is 206 g/mol. The van der Waals surface area contributed by atoms with Gasteiger partial charge in [-0.3, -0.25) is 0 Å². The van der Waals surface area contributed by atoms with Crippen molar-refractivity contribution in [1.82, 2.24) is 0 Å². The van der Waals surface area contributed by atoms with E-state index in [4.69, 9.17) is 4.74 Å². The van der Waals surface area contributed by atoms with E-state index in [2.05, 4.69) is 0 Å². The van der Waals surface area contributed by atoms with Crippen LogP contribution in [0.2, 0.25) is 0 Å². The van der Waals surface area contributed by atoms with Gasteiger partial charge < -0.3 is 9.84 Å². The molecular weight excluding hydrogens is 188 g/mol. The van der Waals surface area contributed by atoms with Crippen LogP contribution in [0.4, 0.5) is 0 Å². The molecule has 0 spiro atoms. The van der Waals surface area contributed by atoms with Gasteiger partial charge in [-0.05, 0) is 38.7 Å². The van der Waals surface area contributed by atoms with Crippen molar-refractivity contribution in [3.63, 3.8) is 0 Å². The number of aliphatic hydroxyl groups is 1. The fraction of sp³-hybridized carbons (Fsp3) is 0.538. The Morgan fingerprint density at radius 2 is 2.07 bits per heavy atom. The smallest absolute Gasteiger partial charge is 0.125 e. The van der Waals surface area contributed by atoms with E-state index in [1.54, 1.807) is 0 Å². The summed E-state index contributed by atoms with van der Waals surface area (Å²) in [6, 6.07) is 7.78. The molecule has 1 saturated carbocycles. The van der Waals surface area contributed by atoms with Crippen molar-refractivity contribution in [1.29, 1.82) is 0 Å². The SMILES string of the molecule is CCOc1ccccc1C(C)(O)C1CC1. The van der Waals surface area contributed by atoms with Gasteiger partial charge in [0.25, 0.3) is 0 Å². The van der Waals surface area contributed by atoms with Gasteiger partial charge in [-0.25, -0.2) is 0 Å². The normalized spacial score (nSPS) is 19.7. The molecule has 1 fully saturated rings. The third-order valence-electron chi connectivity index (χ3n) is 3.10. The van der Waals surface area contributed by atoms with Crippen LogP contribution in [0.25, 0.3) is 0 Å². The maximum atomic E-state index is 10.5. The summed E-state index contributed by atoms with van der Waals surface area (Å²) in [5.41, 5.74) is 0.195. The highest BCUT2D eigenvalue weighted by molar-refractivity contribution is 5.38. The van der Waals surface area contributed by atoms with Crippen LogP contribution in [0.3, 0.4) is 0 Å². The summed E-state index contributed by atoms with van der Waals surface area (Å²) in [5.74, 6) is 1.22. The largest absolute Gasteiger partial charge is 0.493 e. The highest BCUT2D eigenvalue weighted by Crippen LogP contribution is 2.47. The molecule has 2 rings (SSSR count). The summed E-state index contributed by atoms with van der Waals surface area (Å²) >= 11 is 0. The first-order valence-corrected chi connectivity index (χ1v) is 5.61. The Kier molecular flexibility index (Phi) is 2.70. The Hall–Kier alpha value is -1.02. The molecule has 0 aromatic heterocycles. The van der Waals surface area contributed by atoms with E-state index < -0.39 is 5.60 Å². The van der Waals surface area contributed by atoms with Gasteiger partial charge in [-0.1, -0.05) is 18.2 Å². The summed E-state index contributed by atoms with van der Waals surface area (Å²) in [6.45, 7) is 4.49. The predicted octanol–water partition coefficient (Wildman–Crippen LogP) is 2.70. The maximum absolute atomic E-state index is 10.5. The molecule has 0 radical (unpaired) electrons. The van der Waals surface area contributed by atoms with Crippen molar-refractivity contribution in [2.24, 2.45) is 5.92 Å². The van der Waals surface area contributed by atoms with Gasteiger partial charge in [0, 0.05) is 5.56 Å². The summed E-state index contributed by atoms with van der Waals surface area (Å²) in [4.78, 5) is 0. The predicted molar refractivity (Wildman–Crippen MR) is 59.9 cm³/mol. The molecule has 0 saturated heterocycles. The number of hydrogen-bond acceptors (Lipinski definition) is 2. The van der Waals surface area contributed by atoms with Gasteiger partial charge >= 0.3 is 0 Å². The molecule has 1 N–H and O–H groups in total. The van der Waals surface area contributed by atoms with Gasteiger partial charge in [0.2, 0.25) is 0 Å². The van der Waals surface area contributed by atoms with Crippen molar-refractivity contribution < 1.29 is 9.84 Å². The Morgan fingerprint density at radius 1 is 1.40 bits per heavy atom. The van der Waals surface area contributed by atoms with Gasteiger partial charge in [-0.15, -0.1) is 0 Å². The van der Waals surface area contributed by atoms with Crippen LogP contribution in [0.5, 0.6) is 5.75 Å². The number of ether oxygens (including phenoxy) is 1. The molecule has 0 heterocycles. The van der Waals surface area contributed by atoms with Crippen molar-refractivity contribution in [2.75, 3.05) is 6.61 Å². The minimum Gasteiger partial charge on any atom is -0.493 e. The quantitative estimate of drug-likeness (QED) is 0.820. The van der Waals surface area contributed by atoms with E-state index in [9.17, 15) is 5.11 Å². The maximum Gasteiger partial charge on any atom is 0.125 e. The molecule has 1 atom stereocenters. The van der Waals surface area contributed by atoms with Crippen LogP contribution in [-0.4, -0.2) is 11.7 Å². The summed E-state index contributed by atoms with van der Waals surface area (Å²) in [5, 5.41) is 10.5. The molecule has 0 amide bonds. The number of hydrogen-bond donors (Lipinski definition) is 1. The van der Waals surface area contributed by atoms with Crippen LogP contribution in [0.1, 0.15) is 32.3 Å². The lowest BCUT2D eigenvalue weighted by Gasteiger charge is -2.25. The number of rotatable bonds is 4. The fourth-order valence-electron chi connectivity index (χ4n) is 2.03. The lowest BCUT2D eigenvalue weighted by molar-refractivity contribution is 0.0302. The van der Waals surface area contributed by atoms with E-state index in [0.717, 1.165) is 24.2 Å². The third kappa shape index (κ3) is 2.00. The number of para-hydroxylation sites is 1. The van der Waals surface area contributed by atoms with E-state index in [1.165, 1.54) is 0 Å². The van der Waals surface area contributed by atoms with E-state index >= 15 is 0 Å². The number of benzene rings is 1. The van der Waals surface area contributed by atoms with Crippen molar-refractivity contribution >= 4 is 0 Å². The molecule has 1 aliphatic rings. The van der Waals surface area contributed by atoms with Crippen LogP contribution in [0, 0.1) is 5.92 Å². The zero-order valence-electron chi connectivity index (χ0n) is 9.36. The lowest BCUT2D eigenvalue weighted by Crippen LogP contribution is -2.24. The second-order valence-electron chi connectivity index (χ2n) is 4.35. The van der Waals surface area contributed by atoms with Crippen LogP contribution in [0.15, 0.2) is 24.3 Å². The summed E-state index contributed by atoms with van der Waals surface area (Å²) < 4.78 is 5.54. The van der Waals surface area contributed by atoms with Gasteiger partial charge in [0.15, 0.2) is 0 Å². The van der Waals surface area contributed by atoms with Gasteiger partial charge in [-0.2, -0.15) is 0 Å². The molecule has 2 nitrogen and oxygen atoms in total. The molecule has 82 valence electrons. The Balaban J connectivity index is 2.32. The zero-order valence-corrected chi connectivity index (χ0v) is 9.36. The minimum absolute atomic E-state index is 0.402. The highest BCUT2D eigenvalue weighted by atomic mass is 16.5. The molecule has 0 aliphatic heterocycles. The molecule has 1 aromatic rings. The highest BCUT2D eigenvalue weighted by Gasteiger charge is 2.42. The van der Waals surface area contributed by atoms with E-state index in [0.29, 0.717) is 12.5 Å². The molecular formula is C13H18O2. The molecule has 1 aromatic carbocycles. The Morgan fingerprint density at radius 3 is 2.67 bits per heavy atom. The first-order valence-electron chi connectivity index (χ1n) is 5.61. The second kappa shape index (κ2) is 3.86. The lowest BCUT2D eigenvalue weighted by atomic mass is 9.90. The first-order chi connectivity index (χ1) is 7.16. The van der Waals surface area contributed by atoms with Crippen LogP contribution < -0.4 is 4.74 Å². The zero-order chi connectivity index (χ0) is 10.9. The topological polar surface area (TPSA) is 29.5 Å². The van der Waals surface area contributed by atoms with Crippen molar-refractivity contribution in [2.45, 2.75) is 32.3 Å². The van der Waals surface area contributed by atoms with Gasteiger partial charge in [0.1, 0.15) is 5.75 Å². The Labute approximate surface area is 90.9 Å². The van der Waals surface area contributed by atoms with Gasteiger partial charge in [0.05, 0.1) is 12.2 Å². The third-order valence-corrected chi connectivity index (χ3v) is 3.10. The average molecular weight is 206 g/mol.